The highest BCUT2D eigenvalue weighted by atomic mass is 35.5. The number of carbonyl (C=O) groups excluding carboxylic acids is 1. The van der Waals surface area contributed by atoms with Crippen LogP contribution >= 0.6 is 11.6 Å². The maximum atomic E-state index is 12.9. The summed E-state index contributed by atoms with van der Waals surface area (Å²) in [7, 11) is 0. The maximum Gasteiger partial charge on any atom is 0.326 e. The molecule has 0 radical (unpaired) electrons. The summed E-state index contributed by atoms with van der Waals surface area (Å²) in [4.78, 5) is 23.4. The van der Waals surface area contributed by atoms with E-state index >= 15 is 0 Å². The van der Waals surface area contributed by atoms with Gasteiger partial charge in [0.1, 0.15) is 11.9 Å². The first-order chi connectivity index (χ1) is 10.5. The van der Waals surface area contributed by atoms with Crippen molar-refractivity contribution >= 4 is 23.5 Å². The number of hydrogen-bond donors (Lipinski definition) is 2. The second-order valence-electron chi connectivity index (χ2n) is 4.67. The molecule has 6 heteroatoms. The highest BCUT2D eigenvalue weighted by molar-refractivity contribution is 6.33. The van der Waals surface area contributed by atoms with Crippen molar-refractivity contribution < 1.29 is 19.1 Å². The Hall–Kier alpha value is -2.40. The van der Waals surface area contributed by atoms with E-state index in [4.69, 9.17) is 11.6 Å². The average Bonchev–Trinajstić information content (AvgIpc) is 2.49. The molecule has 0 aliphatic carbocycles. The summed E-state index contributed by atoms with van der Waals surface area (Å²) in [5.74, 6) is -2.15. The predicted octanol–water partition coefficient (Wildman–Crippen LogP) is 2.90. The van der Waals surface area contributed by atoms with Gasteiger partial charge in [-0.1, -0.05) is 35.9 Å². The minimum Gasteiger partial charge on any atom is -0.480 e. The average molecular weight is 322 g/mol. The number of nitrogens with one attached hydrogen (secondary N) is 1. The molecule has 4 nitrogen and oxygen atoms in total. The number of hydrogen-bond acceptors (Lipinski definition) is 2. The molecule has 1 atom stereocenters. The van der Waals surface area contributed by atoms with Gasteiger partial charge in [0, 0.05) is 6.42 Å². The highest BCUT2D eigenvalue weighted by Crippen LogP contribution is 2.15. The number of aliphatic carboxylic acids is 1. The van der Waals surface area contributed by atoms with Gasteiger partial charge in [-0.3, -0.25) is 4.79 Å². The molecule has 2 rings (SSSR count). The third-order valence-corrected chi connectivity index (χ3v) is 3.40. The zero-order chi connectivity index (χ0) is 16.1. The molecule has 0 saturated heterocycles. The molecule has 22 heavy (non-hydrogen) atoms. The molecule has 0 bridgehead atoms. The van der Waals surface area contributed by atoms with E-state index in [-0.39, 0.29) is 17.0 Å². The maximum absolute atomic E-state index is 12.9. The Morgan fingerprint density at radius 3 is 2.36 bits per heavy atom. The number of carboxylic acids is 1. The summed E-state index contributed by atoms with van der Waals surface area (Å²) in [6.45, 7) is 0. The van der Waals surface area contributed by atoms with Crippen molar-refractivity contribution in [3.63, 3.8) is 0 Å². The van der Waals surface area contributed by atoms with E-state index in [0.29, 0.717) is 5.56 Å². The Bertz CT molecular complexity index is 688. The lowest BCUT2D eigenvalue weighted by atomic mass is 10.1. The molecule has 0 aliphatic rings. The number of halogens is 2. The van der Waals surface area contributed by atoms with E-state index in [1.165, 1.54) is 30.3 Å². The van der Waals surface area contributed by atoms with Gasteiger partial charge in [0.2, 0.25) is 0 Å². The number of amides is 1. The van der Waals surface area contributed by atoms with Crippen LogP contribution in [-0.2, 0) is 11.2 Å². The minimum atomic E-state index is -1.18. The molecule has 0 heterocycles. The first kappa shape index (κ1) is 16.0. The normalized spacial score (nSPS) is 11.7. The molecule has 0 aromatic heterocycles. The molecular formula is C16H13ClFNO3. The number of carboxylic acid groups (broad SMARTS) is 1. The van der Waals surface area contributed by atoms with Crippen LogP contribution in [0.4, 0.5) is 4.39 Å². The first-order valence-corrected chi connectivity index (χ1v) is 6.88. The fourth-order valence-electron chi connectivity index (χ4n) is 1.94. The van der Waals surface area contributed by atoms with Crippen molar-refractivity contribution in [1.82, 2.24) is 5.32 Å². The van der Waals surface area contributed by atoms with Gasteiger partial charge in [-0.15, -0.1) is 0 Å². The predicted molar refractivity (Wildman–Crippen MR) is 80.4 cm³/mol. The summed E-state index contributed by atoms with van der Waals surface area (Å²) in [5, 5.41) is 11.9. The quantitative estimate of drug-likeness (QED) is 0.890. The van der Waals surface area contributed by atoms with Gasteiger partial charge < -0.3 is 10.4 Å². The molecule has 2 aromatic carbocycles. The lowest BCUT2D eigenvalue weighted by Crippen LogP contribution is -2.42. The van der Waals surface area contributed by atoms with E-state index in [1.807, 2.05) is 0 Å². The van der Waals surface area contributed by atoms with Crippen LogP contribution in [0.5, 0.6) is 0 Å². The van der Waals surface area contributed by atoms with Crippen molar-refractivity contribution in [1.29, 1.82) is 0 Å². The van der Waals surface area contributed by atoms with Crippen LogP contribution in [0, 0.1) is 5.82 Å². The molecule has 2 aromatic rings. The van der Waals surface area contributed by atoms with Crippen LogP contribution < -0.4 is 5.32 Å². The van der Waals surface area contributed by atoms with Crippen LogP contribution in [0.2, 0.25) is 5.02 Å². The smallest absolute Gasteiger partial charge is 0.326 e. The van der Waals surface area contributed by atoms with E-state index in [2.05, 4.69) is 5.32 Å². The molecule has 2 N–H and O–H groups in total. The molecule has 114 valence electrons. The monoisotopic (exact) mass is 321 g/mol. The lowest BCUT2D eigenvalue weighted by molar-refractivity contribution is -0.139. The van der Waals surface area contributed by atoms with Crippen molar-refractivity contribution in [2.45, 2.75) is 12.5 Å². The van der Waals surface area contributed by atoms with Crippen LogP contribution in [0.25, 0.3) is 0 Å². The van der Waals surface area contributed by atoms with Crippen molar-refractivity contribution in [2.24, 2.45) is 0 Å². The lowest BCUT2D eigenvalue weighted by Gasteiger charge is -2.15. The topological polar surface area (TPSA) is 66.4 Å². The fourth-order valence-corrected chi connectivity index (χ4v) is 2.16. The zero-order valence-electron chi connectivity index (χ0n) is 11.4. The van der Waals surface area contributed by atoms with Gasteiger partial charge in [0.05, 0.1) is 10.6 Å². The van der Waals surface area contributed by atoms with Gasteiger partial charge in [-0.2, -0.15) is 0 Å². The molecule has 0 fully saturated rings. The summed E-state index contributed by atoms with van der Waals surface area (Å²) in [6, 6.07) is 10.7. The van der Waals surface area contributed by atoms with E-state index < -0.39 is 23.7 Å². The molecule has 0 saturated carbocycles. The SMILES string of the molecule is O=C(N[C@H](Cc1ccc(F)cc1)C(=O)O)c1ccccc1Cl. The number of carbonyl (C=O) groups is 2. The largest absolute Gasteiger partial charge is 0.480 e. The summed E-state index contributed by atoms with van der Waals surface area (Å²) in [5.41, 5.74) is 0.808. The number of rotatable bonds is 5. The molecule has 1 amide bonds. The Kier molecular flexibility index (Phi) is 5.12. The van der Waals surface area contributed by atoms with Gasteiger partial charge >= 0.3 is 5.97 Å². The molecule has 0 unspecified atom stereocenters. The Balaban J connectivity index is 2.12. The van der Waals surface area contributed by atoms with Crippen LogP contribution in [-0.4, -0.2) is 23.0 Å². The van der Waals surface area contributed by atoms with E-state index in [9.17, 15) is 19.1 Å². The van der Waals surface area contributed by atoms with Gasteiger partial charge in [0.15, 0.2) is 0 Å². The standard InChI is InChI=1S/C16H13ClFNO3/c17-13-4-2-1-3-12(13)15(20)19-14(16(21)22)9-10-5-7-11(18)8-6-10/h1-8,14H,9H2,(H,19,20)(H,21,22)/t14-/m1/s1. The Labute approximate surface area is 131 Å². The van der Waals surface area contributed by atoms with Crippen LogP contribution in [0.1, 0.15) is 15.9 Å². The second kappa shape index (κ2) is 7.04. The second-order valence-corrected chi connectivity index (χ2v) is 5.08. The fraction of sp³-hybridized carbons (Fsp3) is 0.125. The van der Waals surface area contributed by atoms with Crippen molar-refractivity contribution in [3.05, 3.63) is 70.5 Å². The molecule has 0 aliphatic heterocycles. The third-order valence-electron chi connectivity index (χ3n) is 3.07. The third kappa shape index (κ3) is 4.05. The van der Waals surface area contributed by atoms with E-state index in [1.54, 1.807) is 18.2 Å². The van der Waals surface area contributed by atoms with E-state index in [0.717, 1.165) is 0 Å². The van der Waals surface area contributed by atoms with Crippen molar-refractivity contribution in [2.75, 3.05) is 0 Å². The summed E-state index contributed by atoms with van der Waals surface area (Å²) in [6.07, 6.45) is 0.0474. The molecule has 0 spiro atoms. The van der Waals surface area contributed by atoms with Gasteiger partial charge in [-0.25, -0.2) is 9.18 Å². The van der Waals surface area contributed by atoms with Crippen LogP contribution in [0.3, 0.4) is 0 Å². The summed E-state index contributed by atoms with van der Waals surface area (Å²) >= 11 is 5.91. The number of benzene rings is 2. The Morgan fingerprint density at radius 2 is 1.77 bits per heavy atom. The first-order valence-electron chi connectivity index (χ1n) is 6.50. The minimum absolute atomic E-state index is 0.0474. The highest BCUT2D eigenvalue weighted by Gasteiger charge is 2.22. The van der Waals surface area contributed by atoms with Crippen LogP contribution in [0.15, 0.2) is 48.5 Å². The zero-order valence-corrected chi connectivity index (χ0v) is 12.2. The van der Waals surface area contributed by atoms with Gasteiger partial charge in [-0.05, 0) is 29.8 Å². The van der Waals surface area contributed by atoms with Crippen molar-refractivity contribution in [3.8, 4) is 0 Å². The molecular weight excluding hydrogens is 309 g/mol. The summed E-state index contributed by atoms with van der Waals surface area (Å²) < 4.78 is 12.9. The van der Waals surface area contributed by atoms with Gasteiger partial charge in [0.25, 0.3) is 5.91 Å². The Morgan fingerprint density at radius 1 is 1.14 bits per heavy atom.